The summed E-state index contributed by atoms with van der Waals surface area (Å²) in [6.07, 6.45) is -1.00. The van der Waals surface area contributed by atoms with Crippen molar-refractivity contribution in [3.05, 3.63) is 35.4 Å². The minimum Gasteiger partial charge on any atom is -0.385 e. The summed E-state index contributed by atoms with van der Waals surface area (Å²) in [6.45, 7) is 4.54. The van der Waals surface area contributed by atoms with Crippen molar-refractivity contribution < 1.29 is 19.3 Å². The van der Waals surface area contributed by atoms with Crippen LogP contribution < -0.4 is 0 Å². The van der Waals surface area contributed by atoms with Crippen molar-refractivity contribution >= 4 is 0 Å². The Morgan fingerprint density at radius 3 is 2.68 bits per heavy atom. The molecule has 0 amide bonds. The molecule has 0 saturated carbocycles. The van der Waals surface area contributed by atoms with Gasteiger partial charge in [0, 0.05) is 7.11 Å². The van der Waals surface area contributed by atoms with E-state index in [1.165, 1.54) is 12.7 Å². The highest BCUT2D eigenvalue weighted by Crippen LogP contribution is 2.27. The van der Waals surface area contributed by atoms with E-state index >= 15 is 0 Å². The molecule has 1 aliphatic heterocycles. The Morgan fingerprint density at radius 2 is 2.05 bits per heavy atom. The number of hydrogen-bond acceptors (Lipinski definition) is 4. The highest BCUT2D eigenvalue weighted by atomic mass is 16.7. The molecule has 2 rings (SSSR count). The first-order valence-electron chi connectivity index (χ1n) is 6.69. The number of ether oxygens (including phenoxy) is 3. The number of aliphatic hydroxyl groups excluding tert-OH is 1. The van der Waals surface area contributed by atoms with E-state index in [4.69, 9.17) is 14.2 Å². The van der Waals surface area contributed by atoms with E-state index in [0.29, 0.717) is 6.61 Å². The molecule has 1 aromatic rings. The van der Waals surface area contributed by atoms with Crippen LogP contribution in [0.4, 0.5) is 0 Å². The van der Waals surface area contributed by atoms with Crippen LogP contribution in [-0.4, -0.2) is 36.8 Å². The predicted molar refractivity (Wildman–Crippen MR) is 71.7 cm³/mol. The molecule has 1 aliphatic rings. The van der Waals surface area contributed by atoms with Crippen molar-refractivity contribution in [3.63, 3.8) is 0 Å². The van der Waals surface area contributed by atoms with E-state index < -0.39 is 12.4 Å². The van der Waals surface area contributed by atoms with Gasteiger partial charge in [-0.2, -0.15) is 0 Å². The molecule has 0 aromatic heterocycles. The summed E-state index contributed by atoms with van der Waals surface area (Å²) in [6, 6.07) is 8.08. The molecule has 19 heavy (non-hydrogen) atoms. The van der Waals surface area contributed by atoms with Crippen molar-refractivity contribution in [2.24, 2.45) is 0 Å². The molecule has 1 heterocycles. The van der Waals surface area contributed by atoms with Crippen LogP contribution in [0.15, 0.2) is 24.3 Å². The van der Waals surface area contributed by atoms with Crippen LogP contribution in [-0.2, 0) is 20.8 Å². The Hall–Kier alpha value is -0.940. The third-order valence-electron chi connectivity index (χ3n) is 3.62. The molecule has 0 bridgehead atoms. The molecule has 0 aliphatic carbocycles. The second-order valence-corrected chi connectivity index (χ2v) is 4.88. The lowest BCUT2D eigenvalue weighted by Crippen LogP contribution is -2.35. The van der Waals surface area contributed by atoms with Crippen molar-refractivity contribution in [2.45, 2.75) is 51.5 Å². The van der Waals surface area contributed by atoms with Crippen LogP contribution in [0, 0.1) is 6.92 Å². The number of methoxy groups -OCH3 is 1. The van der Waals surface area contributed by atoms with E-state index in [2.05, 4.69) is 13.0 Å². The van der Waals surface area contributed by atoms with Crippen LogP contribution in [0.2, 0.25) is 0 Å². The molecule has 1 N–H and O–H groups in total. The largest absolute Gasteiger partial charge is 0.385 e. The lowest BCUT2D eigenvalue weighted by atomic mass is 10.1. The van der Waals surface area contributed by atoms with Gasteiger partial charge in [-0.1, -0.05) is 31.2 Å². The molecular weight excluding hydrogens is 244 g/mol. The lowest BCUT2D eigenvalue weighted by molar-refractivity contribution is -0.148. The molecule has 1 unspecified atom stereocenters. The molecule has 1 fully saturated rings. The quantitative estimate of drug-likeness (QED) is 0.886. The summed E-state index contributed by atoms with van der Waals surface area (Å²) in [5.74, 6) is 0. The van der Waals surface area contributed by atoms with Crippen molar-refractivity contribution in [3.8, 4) is 0 Å². The molecule has 4 heteroatoms. The second kappa shape index (κ2) is 6.48. The maximum absolute atomic E-state index is 10.1. The van der Waals surface area contributed by atoms with Crippen molar-refractivity contribution in [1.82, 2.24) is 0 Å². The first-order valence-corrected chi connectivity index (χ1v) is 6.69. The summed E-state index contributed by atoms with van der Waals surface area (Å²) < 4.78 is 16.6. The van der Waals surface area contributed by atoms with Crippen molar-refractivity contribution in [1.29, 1.82) is 0 Å². The monoisotopic (exact) mass is 266 g/mol. The second-order valence-electron chi connectivity index (χ2n) is 4.88. The Bertz CT molecular complexity index is 405. The SMILES string of the molecule is CC[C@H]1OC(OC)[C@H](O)[C@H]1OCc1ccccc1C. The first kappa shape index (κ1) is 14.5. The zero-order chi connectivity index (χ0) is 13.8. The summed E-state index contributed by atoms with van der Waals surface area (Å²) in [7, 11) is 1.53. The van der Waals surface area contributed by atoms with Gasteiger partial charge in [0.05, 0.1) is 12.7 Å². The molecule has 1 aromatic carbocycles. The van der Waals surface area contributed by atoms with Gasteiger partial charge in [0.15, 0.2) is 6.29 Å². The topological polar surface area (TPSA) is 47.9 Å². The summed E-state index contributed by atoms with van der Waals surface area (Å²) >= 11 is 0. The fourth-order valence-electron chi connectivity index (χ4n) is 2.39. The van der Waals surface area contributed by atoms with Gasteiger partial charge >= 0.3 is 0 Å². The van der Waals surface area contributed by atoms with Crippen molar-refractivity contribution in [2.75, 3.05) is 7.11 Å². The Balaban J connectivity index is 2.00. The first-order chi connectivity index (χ1) is 9.17. The third-order valence-corrected chi connectivity index (χ3v) is 3.62. The van der Waals surface area contributed by atoms with Gasteiger partial charge in [-0.3, -0.25) is 0 Å². The average molecular weight is 266 g/mol. The van der Waals surface area contributed by atoms with E-state index in [0.717, 1.165) is 12.0 Å². The molecule has 0 spiro atoms. The molecule has 0 radical (unpaired) electrons. The Kier molecular flexibility index (Phi) is 4.93. The zero-order valence-electron chi connectivity index (χ0n) is 11.7. The third kappa shape index (κ3) is 3.15. The number of benzene rings is 1. The number of hydrogen-bond donors (Lipinski definition) is 1. The molecular formula is C15H22O4. The molecule has 4 atom stereocenters. The summed E-state index contributed by atoms with van der Waals surface area (Å²) in [4.78, 5) is 0. The van der Waals surface area contributed by atoms with E-state index in [1.54, 1.807) is 0 Å². The normalized spacial score (nSPS) is 30.7. The van der Waals surface area contributed by atoms with Crippen LogP contribution in [0.3, 0.4) is 0 Å². The fraction of sp³-hybridized carbons (Fsp3) is 0.600. The highest BCUT2D eigenvalue weighted by Gasteiger charge is 2.43. The number of aliphatic hydroxyl groups is 1. The zero-order valence-corrected chi connectivity index (χ0v) is 11.7. The van der Waals surface area contributed by atoms with E-state index in [1.807, 2.05) is 25.1 Å². The highest BCUT2D eigenvalue weighted by molar-refractivity contribution is 5.24. The van der Waals surface area contributed by atoms with E-state index in [9.17, 15) is 5.11 Å². The van der Waals surface area contributed by atoms with Gasteiger partial charge in [0.25, 0.3) is 0 Å². The standard InChI is InChI=1S/C15H22O4/c1-4-12-14(13(16)15(17-3)19-12)18-9-11-8-6-5-7-10(11)2/h5-8,12-16H,4,9H2,1-3H3/t12-,13-,14+,15?/m1/s1. The van der Waals surface area contributed by atoms with Gasteiger partial charge in [0.1, 0.15) is 12.2 Å². The van der Waals surface area contributed by atoms with Crippen LogP contribution in [0.1, 0.15) is 24.5 Å². The maximum atomic E-state index is 10.1. The number of rotatable bonds is 5. The minimum absolute atomic E-state index is 0.121. The minimum atomic E-state index is -0.737. The van der Waals surface area contributed by atoms with Gasteiger partial charge in [0.2, 0.25) is 0 Å². The average Bonchev–Trinajstić information content (AvgIpc) is 2.74. The maximum Gasteiger partial charge on any atom is 0.186 e. The van der Waals surface area contributed by atoms with Crippen LogP contribution in [0.25, 0.3) is 0 Å². The van der Waals surface area contributed by atoms with Crippen LogP contribution in [0.5, 0.6) is 0 Å². The smallest absolute Gasteiger partial charge is 0.186 e. The van der Waals surface area contributed by atoms with Gasteiger partial charge in [-0.15, -0.1) is 0 Å². The molecule has 106 valence electrons. The van der Waals surface area contributed by atoms with E-state index in [-0.39, 0.29) is 12.2 Å². The van der Waals surface area contributed by atoms with Crippen LogP contribution >= 0.6 is 0 Å². The Labute approximate surface area is 114 Å². The molecule has 4 nitrogen and oxygen atoms in total. The van der Waals surface area contributed by atoms with Gasteiger partial charge in [-0.05, 0) is 24.5 Å². The Morgan fingerprint density at radius 1 is 1.32 bits per heavy atom. The van der Waals surface area contributed by atoms with Gasteiger partial charge in [-0.25, -0.2) is 0 Å². The number of aryl methyl sites for hydroxylation is 1. The fourth-order valence-corrected chi connectivity index (χ4v) is 2.39. The summed E-state index contributed by atoms with van der Waals surface area (Å²) in [5, 5.41) is 10.1. The lowest BCUT2D eigenvalue weighted by Gasteiger charge is -2.20. The molecule has 1 saturated heterocycles. The summed E-state index contributed by atoms with van der Waals surface area (Å²) in [5.41, 5.74) is 2.32. The predicted octanol–water partition coefficient (Wildman–Crippen LogP) is 2.02. The van der Waals surface area contributed by atoms with Gasteiger partial charge < -0.3 is 19.3 Å².